The average molecular weight is 235 g/mol. The second kappa shape index (κ2) is 3.22. The van der Waals surface area contributed by atoms with E-state index in [-0.39, 0.29) is 5.54 Å². The van der Waals surface area contributed by atoms with Gasteiger partial charge in [0, 0.05) is 15.8 Å². The van der Waals surface area contributed by atoms with Crippen LogP contribution in [-0.2, 0) is 19.0 Å². The first kappa shape index (κ1) is 11.0. The summed E-state index contributed by atoms with van der Waals surface area (Å²) < 4.78 is 37.7. The number of alkyl halides is 3. The molecule has 1 aromatic heterocycles. The highest BCUT2D eigenvalue weighted by molar-refractivity contribution is 7.10. The lowest BCUT2D eigenvalue weighted by Crippen LogP contribution is -2.41. The van der Waals surface area contributed by atoms with Crippen LogP contribution in [0.3, 0.4) is 0 Å². The second-order valence-electron chi connectivity index (χ2n) is 4.38. The molecule has 0 saturated carbocycles. The Bertz CT molecular complexity index is 379. The molecule has 84 valence electrons. The van der Waals surface area contributed by atoms with Gasteiger partial charge < -0.3 is 5.73 Å². The minimum Gasteiger partial charge on any atom is -0.325 e. The van der Waals surface area contributed by atoms with Crippen molar-refractivity contribution in [3.05, 3.63) is 21.4 Å². The van der Waals surface area contributed by atoms with Gasteiger partial charge in [-0.1, -0.05) is 0 Å². The number of nitrogens with two attached hydrogens (primary N) is 1. The van der Waals surface area contributed by atoms with Crippen molar-refractivity contribution in [3.8, 4) is 0 Å². The predicted octanol–water partition coefficient (Wildman–Crippen LogP) is 2.97. The molecule has 0 amide bonds. The van der Waals surface area contributed by atoms with Crippen molar-refractivity contribution >= 4 is 11.3 Å². The van der Waals surface area contributed by atoms with Crippen molar-refractivity contribution in [3.63, 3.8) is 0 Å². The van der Waals surface area contributed by atoms with Crippen LogP contribution in [0.25, 0.3) is 0 Å². The Hall–Kier alpha value is -0.550. The maximum Gasteiger partial charge on any atom is 0.417 e. The molecule has 2 rings (SSSR count). The molecule has 0 bridgehead atoms. The van der Waals surface area contributed by atoms with Gasteiger partial charge >= 0.3 is 6.18 Å². The van der Waals surface area contributed by atoms with Crippen molar-refractivity contribution in [1.82, 2.24) is 0 Å². The minimum atomic E-state index is -4.22. The minimum absolute atomic E-state index is 0.347. The zero-order valence-corrected chi connectivity index (χ0v) is 9.13. The van der Waals surface area contributed by atoms with E-state index in [9.17, 15) is 13.2 Å². The maximum absolute atomic E-state index is 12.6. The third kappa shape index (κ3) is 2.03. The van der Waals surface area contributed by atoms with E-state index < -0.39 is 11.7 Å². The van der Waals surface area contributed by atoms with Gasteiger partial charge in [-0.2, -0.15) is 13.2 Å². The fourth-order valence-electron chi connectivity index (χ4n) is 1.95. The lowest BCUT2D eigenvalue weighted by atomic mass is 9.83. The molecule has 0 aromatic carbocycles. The van der Waals surface area contributed by atoms with Gasteiger partial charge in [0.2, 0.25) is 0 Å². The Labute approximate surface area is 90.1 Å². The Morgan fingerprint density at radius 3 is 2.73 bits per heavy atom. The van der Waals surface area contributed by atoms with Gasteiger partial charge in [-0.25, -0.2) is 0 Å². The zero-order chi connectivity index (χ0) is 11.3. The van der Waals surface area contributed by atoms with E-state index in [4.69, 9.17) is 5.73 Å². The van der Waals surface area contributed by atoms with Crippen LogP contribution < -0.4 is 5.73 Å². The van der Waals surface area contributed by atoms with Crippen molar-refractivity contribution in [2.75, 3.05) is 0 Å². The maximum atomic E-state index is 12.6. The summed E-state index contributed by atoms with van der Waals surface area (Å²) in [6, 6.07) is 0. The molecule has 1 heterocycles. The van der Waals surface area contributed by atoms with Gasteiger partial charge in [0.25, 0.3) is 0 Å². The van der Waals surface area contributed by atoms with Gasteiger partial charge in [-0.15, -0.1) is 11.3 Å². The summed E-state index contributed by atoms with van der Waals surface area (Å²) in [5.74, 6) is 0. The van der Waals surface area contributed by atoms with Crippen LogP contribution in [-0.4, -0.2) is 5.54 Å². The summed E-state index contributed by atoms with van der Waals surface area (Å²) >= 11 is 1.18. The standard InChI is InChI=1S/C10H12F3NS/c1-9(14)3-2-6-7(10(11,12)13)5-15-8(6)4-9/h5H,2-4,14H2,1H3/t9-/m1/s1. The molecule has 1 aliphatic rings. The van der Waals surface area contributed by atoms with Gasteiger partial charge in [0.1, 0.15) is 0 Å². The van der Waals surface area contributed by atoms with E-state index in [0.29, 0.717) is 24.8 Å². The van der Waals surface area contributed by atoms with E-state index in [2.05, 4.69) is 0 Å². The van der Waals surface area contributed by atoms with Crippen molar-refractivity contribution < 1.29 is 13.2 Å². The first-order chi connectivity index (χ1) is 6.80. The van der Waals surface area contributed by atoms with Gasteiger partial charge in [-0.05, 0) is 31.7 Å². The highest BCUT2D eigenvalue weighted by atomic mass is 32.1. The molecule has 0 unspecified atom stereocenters. The molecule has 2 N–H and O–H groups in total. The highest BCUT2D eigenvalue weighted by Crippen LogP contribution is 2.41. The van der Waals surface area contributed by atoms with Crippen LogP contribution >= 0.6 is 11.3 Å². The van der Waals surface area contributed by atoms with Crippen molar-refractivity contribution in [2.45, 2.75) is 37.9 Å². The lowest BCUT2D eigenvalue weighted by Gasteiger charge is -2.29. The normalized spacial score (nSPS) is 26.5. The van der Waals surface area contributed by atoms with E-state index in [1.165, 1.54) is 16.7 Å². The monoisotopic (exact) mass is 235 g/mol. The van der Waals surface area contributed by atoms with Crippen molar-refractivity contribution in [1.29, 1.82) is 0 Å². The fourth-order valence-corrected chi connectivity index (χ4v) is 3.25. The molecule has 0 fully saturated rings. The third-order valence-corrected chi connectivity index (χ3v) is 3.83. The van der Waals surface area contributed by atoms with Crippen LogP contribution in [0.5, 0.6) is 0 Å². The van der Waals surface area contributed by atoms with Crippen LogP contribution in [0.15, 0.2) is 5.38 Å². The molecule has 15 heavy (non-hydrogen) atoms. The summed E-state index contributed by atoms with van der Waals surface area (Å²) in [5, 5.41) is 1.21. The number of thiophene rings is 1. The molecule has 0 saturated heterocycles. The average Bonchev–Trinajstić information content (AvgIpc) is 2.43. The molecular weight excluding hydrogens is 223 g/mol. The molecule has 1 nitrogen and oxygen atoms in total. The zero-order valence-electron chi connectivity index (χ0n) is 8.32. The Morgan fingerprint density at radius 1 is 1.47 bits per heavy atom. The third-order valence-electron chi connectivity index (χ3n) is 2.80. The summed E-state index contributed by atoms with van der Waals surface area (Å²) in [5.41, 5.74) is 5.60. The molecule has 0 spiro atoms. The van der Waals surface area contributed by atoms with E-state index >= 15 is 0 Å². The molecular formula is C10H12F3NS. The predicted molar refractivity (Wildman–Crippen MR) is 53.9 cm³/mol. The van der Waals surface area contributed by atoms with Gasteiger partial charge in [-0.3, -0.25) is 0 Å². The van der Waals surface area contributed by atoms with Crippen molar-refractivity contribution in [2.24, 2.45) is 5.73 Å². The summed E-state index contributed by atoms with van der Waals surface area (Å²) in [4.78, 5) is 0.804. The van der Waals surface area contributed by atoms with Gasteiger partial charge in [0.15, 0.2) is 0 Å². The van der Waals surface area contributed by atoms with Gasteiger partial charge in [0.05, 0.1) is 5.56 Å². The molecule has 5 heteroatoms. The largest absolute Gasteiger partial charge is 0.417 e. The fraction of sp³-hybridized carbons (Fsp3) is 0.600. The summed E-state index contributed by atoms with van der Waals surface area (Å²) in [6.45, 7) is 1.89. The molecule has 1 aromatic rings. The molecule has 1 aliphatic carbocycles. The topological polar surface area (TPSA) is 26.0 Å². The Kier molecular flexibility index (Phi) is 2.35. The van der Waals surface area contributed by atoms with E-state index in [0.717, 1.165) is 4.88 Å². The molecule has 0 aliphatic heterocycles. The highest BCUT2D eigenvalue weighted by Gasteiger charge is 2.38. The number of hydrogen-bond donors (Lipinski definition) is 1. The summed E-state index contributed by atoms with van der Waals surface area (Å²) in [6.07, 6.45) is -2.59. The second-order valence-corrected chi connectivity index (χ2v) is 5.34. The number of hydrogen-bond acceptors (Lipinski definition) is 2. The quantitative estimate of drug-likeness (QED) is 0.735. The number of halogens is 3. The smallest absolute Gasteiger partial charge is 0.325 e. The molecule has 1 atom stereocenters. The Balaban J connectivity index is 2.39. The van der Waals surface area contributed by atoms with E-state index in [1.807, 2.05) is 6.92 Å². The van der Waals surface area contributed by atoms with Crippen LogP contribution in [0, 0.1) is 0 Å². The first-order valence-corrected chi connectivity index (χ1v) is 5.63. The van der Waals surface area contributed by atoms with E-state index in [1.54, 1.807) is 0 Å². The number of rotatable bonds is 0. The first-order valence-electron chi connectivity index (χ1n) is 4.75. The molecule has 0 radical (unpaired) electrons. The Morgan fingerprint density at radius 2 is 2.13 bits per heavy atom. The summed E-state index contributed by atoms with van der Waals surface area (Å²) in [7, 11) is 0. The van der Waals surface area contributed by atoms with Crippen LogP contribution in [0.2, 0.25) is 0 Å². The lowest BCUT2D eigenvalue weighted by molar-refractivity contribution is -0.138. The SMILES string of the molecule is C[C@@]1(N)CCc2c(C(F)(F)F)csc2C1. The number of fused-ring (bicyclic) bond motifs is 1. The van der Waals surface area contributed by atoms with Crippen LogP contribution in [0.4, 0.5) is 13.2 Å². The van der Waals surface area contributed by atoms with Crippen LogP contribution in [0.1, 0.15) is 29.3 Å².